The van der Waals surface area contributed by atoms with E-state index in [1.807, 2.05) is 0 Å². The fourth-order valence-corrected chi connectivity index (χ4v) is 15.6. The molecule has 0 bridgehead atoms. The molecule has 2 nitrogen and oxygen atoms in total. The molecule has 5 aliphatic rings. The van der Waals surface area contributed by atoms with Gasteiger partial charge in [0.05, 0.1) is 39.0 Å². The van der Waals surface area contributed by atoms with Crippen LogP contribution in [0.1, 0.15) is 66.8 Å². The van der Waals surface area contributed by atoms with Crippen molar-refractivity contribution in [2.45, 2.75) is 16.2 Å². The zero-order valence-corrected chi connectivity index (χ0v) is 42.1. The number of hydrogen-bond acceptors (Lipinski definition) is 2. The van der Waals surface area contributed by atoms with Gasteiger partial charge in [0.2, 0.25) is 0 Å². The van der Waals surface area contributed by atoms with Crippen LogP contribution in [0, 0.1) is 0 Å². The number of fused-ring (bicyclic) bond motifs is 21. The third kappa shape index (κ3) is 5.16. The number of benzene rings is 12. The molecular formula is C75H48N2. The second kappa shape index (κ2) is 15.6. The van der Waals surface area contributed by atoms with Gasteiger partial charge in [0, 0.05) is 11.4 Å². The lowest BCUT2D eigenvalue weighted by Crippen LogP contribution is -2.37. The van der Waals surface area contributed by atoms with Gasteiger partial charge in [0.15, 0.2) is 0 Å². The molecular weight excluding hydrogens is 929 g/mol. The van der Waals surface area contributed by atoms with Crippen molar-refractivity contribution in [3.05, 3.63) is 358 Å². The molecule has 0 saturated carbocycles. The highest BCUT2D eigenvalue weighted by Crippen LogP contribution is 2.70. The van der Waals surface area contributed by atoms with E-state index >= 15 is 0 Å². The van der Waals surface area contributed by atoms with Crippen molar-refractivity contribution in [1.82, 2.24) is 0 Å². The van der Waals surface area contributed by atoms with Gasteiger partial charge in [-0.3, -0.25) is 0 Å². The van der Waals surface area contributed by atoms with E-state index in [1.165, 1.54) is 123 Å². The maximum absolute atomic E-state index is 2.49. The molecule has 3 aliphatic carbocycles. The third-order valence-corrected chi connectivity index (χ3v) is 18.1. The molecule has 0 saturated heterocycles. The van der Waals surface area contributed by atoms with Crippen LogP contribution >= 0.6 is 0 Å². The summed E-state index contributed by atoms with van der Waals surface area (Å²) in [5.41, 5.74) is 28.3. The Balaban J connectivity index is 1.01. The van der Waals surface area contributed by atoms with Gasteiger partial charge in [-0.1, -0.05) is 243 Å². The van der Waals surface area contributed by atoms with Crippen LogP contribution in [-0.4, -0.2) is 0 Å². The van der Waals surface area contributed by atoms with Crippen molar-refractivity contribution >= 4 is 34.1 Å². The first-order valence-corrected chi connectivity index (χ1v) is 27.0. The first-order valence-electron chi connectivity index (χ1n) is 27.0. The van der Waals surface area contributed by atoms with Gasteiger partial charge < -0.3 is 9.80 Å². The largest absolute Gasteiger partial charge is 0.310 e. The molecule has 2 heterocycles. The molecule has 0 atom stereocenters. The van der Waals surface area contributed by atoms with E-state index in [-0.39, 0.29) is 0 Å². The molecule has 0 N–H and O–H groups in total. The van der Waals surface area contributed by atoms with E-state index in [0.29, 0.717) is 0 Å². The second-order valence-electron chi connectivity index (χ2n) is 21.3. The Kier molecular flexibility index (Phi) is 8.65. The van der Waals surface area contributed by atoms with E-state index in [1.54, 1.807) is 0 Å². The van der Waals surface area contributed by atoms with Crippen LogP contribution in [0.5, 0.6) is 0 Å². The van der Waals surface area contributed by atoms with Crippen LogP contribution in [0.15, 0.2) is 291 Å². The Bertz CT molecular complexity index is 4050. The van der Waals surface area contributed by atoms with Gasteiger partial charge in [0.1, 0.15) is 0 Å². The van der Waals surface area contributed by atoms with Gasteiger partial charge in [-0.25, -0.2) is 0 Å². The lowest BCUT2D eigenvalue weighted by Gasteiger charge is -2.45. The molecule has 0 radical (unpaired) electrons. The minimum Gasteiger partial charge on any atom is -0.310 e. The molecule has 358 valence electrons. The van der Waals surface area contributed by atoms with E-state index < -0.39 is 16.2 Å². The summed E-state index contributed by atoms with van der Waals surface area (Å²) in [4.78, 5) is 4.96. The van der Waals surface area contributed by atoms with Crippen LogP contribution in [0.4, 0.5) is 34.1 Å². The summed E-state index contributed by atoms with van der Waals surface area (Å²) in [5.74, 6) is 0. The molecule has 0 aromatic heterocycles. The van der Waals surface area contributed by atoms with Crippen molar-refractivity contribution in [1.29, 1.82) is 0 Å². The first kappa shape index (κ1) is 42.6. The molecule has 2 aliphatic heterocycles. The lowest BCUT2D eigenvalue weighted by molar-refractivity contribution is 0.737. The summed E-state index contributed by atoms with van der Waals surface area (Å²) in [6.45, 7) is 0. The zero-order chi connectivity index (χ0) is 50.5. The molecule has 0 fully saturated rings. The average Bonchev–Trinajstić information content (AvgIpc) is 3.51. The highest BCUT2D eigenvalue weighted by atomic mass is 15.2. The van der Waals surface area contributed by atoms with Crippen molar-refractivity contribution in [3.8, 4) is 33.4 Å². The Labute approximate surface area is 449 Å². The highest BCUT2D eigenvalue weighted by Gasteiger charge is 2.58. The minimum absolute atomic E-state index is 0.630. The maximum atomic E-state index is 2.49. The van der Waals surface area contributed by atoms with Crippen LogP contribution in [0.25, 0.3) is 33.4 Å². The first-order chi connectivity index (χ1) is 38.3. The van der Waals surface area contributed by atoms with Crippen LogP contribution in [0.3, 0.4) is 0 Å². The van der Waals surface area contributed by atoms with Gasteiger partial charge in [0.25, 0.3) is 0 Å². The van der Waals surface area contributed by atoms with Crippen molar-refractivity contribution < 1.29 is 0 Å². The molecule has 12 aromatic rings. The number of para-hydroxylation sites is 6. The normalized spacial score (nSPS) is 15.3. The van der Waals surface area contributed by atoms with Gasteiger partial charge in [-0.2, -0.15) is 0 Å². The quantitative estimate of drug-likeness (QED) is 0.173. The zero-order valence-electron chi connectivity index (χ0n) is 42.1. The number of hydrogen-bond donors (Lipinski definition) is 0. The summed E-state index contributed by atoms with van der Waals surface area (Å²) < 4.78 is 0. The predicted octanol–water partition coefficient (Wildman–Crippen LogP) is 18.3. The second-order valence-corrected chi connectivity index (χ2v) is 21.3. The topological polar surface area (TPSA) is 6.48 Å². The summed E-state index contributed by atoms with van der Waals surface area (Å²) in [6, 6.07) is 110. The smallest absolute Gasteiger partial charge is 0.0754 e. The average molecular weight is 977 g/mol. The van der Waals surface area contributed by atoms with Crippen LogP contribution in [-0.2, 0) is 16.2 Å². The van der Waals surface area contributed by atoms with Gasteiger partial charge in [-0.05, 0) is 149 Å². The lowest BCUT2D eigenvalue weighted by atomic mass is 9.61. The number of rotatable bonds is 4. The Morgan fingerprint density at radius 3 is 0.714 bits per heavy atom. The van der Waals surface area contributed by atoms with Crippen LogP contribution < -0.4 is 9.80 Å². The van der Waals surface area contributed by atoms with E-state index in [2.05, 4.69) is 301 Å². The molecule has 2 spiro atoms. The highest BCUT2D eigenvalue weighted by molar-refractivity contribution is 6.02. The van der Waals surface area contributed by atoms with Crippen molar-refractivity contribution in [2.24, 2.45) is 0 Å². The third-order valence-electron chi connectivity index (χ3n) is 18.1. The monoisotopic (exact) mass is 976 g/mol. The Morgan fingerprint density at radius 2 is 0.390 bits per heavy atom. The molecule has 12 aromatic carbocycles. The summed E-state index contributed by atoms with van der Waals surface area (Å²) >= 11 is 0. The van der Waals surface area contributed by atoms with Gasteiger partial charge in [-0.15, -0.1) is 0 Å². The number of nitrogens with zero attached hydrogens (tertiary/aromatic N) is 2. The minimum atomic E-state index is -0.769. The van der Waals surface area contributed by atoms with Crippen LogP contribution in [0.2, 0.25) is 0 Å². The summed E-state index contributed by atoms with van der Waals surface area (Å²) in [5, 5.41) is 0. The fraction of sp³-hybridized carbons (Fsp3) is 0.0400. The van der Waals surface area contributed by atoms with E-state index in [0.717, 1.165) is 11.4 Å². The summed E-state index contributed by atoms with van der Waals surface area (Å²) in [6.07, 6.45) is 0. The molecule has 77 heavy (non-hydrogen) atoms. The van der Waals surface area contributed by atoms with E-state index in [9.17, 15) is 0 Å². The van der Waals surface area contributed by atoms with Gasteiger partial charge >= 0.3 is 0 Å². The van der Waals surface area contributed by atoms with Crippen molar-refractivity contribution in [2.75, 3.05) is 9.80 Å². The SMILES string of the molecule is c1ccc(N2c3ccccc3C3(c4ccccc4-c4c3cccc4C3(c4cccc5c4-c4ccccc4C54c5ccccc5N(c5ccccc5)c5ccccc54)c4ccccc4-c4ccccc43)c3ccccc32)cc1. The molecule has 17 rings (SSSR count). The standard InChI is InChI=1S/C75H48N2/c1-3-25-49(26-4-1)76-67-45-19-15-37-59(67)74(60-38-16-20-46-68(60)76)57-35-13-9-31-53(57)71-63(41-23-43-65(71)74)73(55-33-11-7-29-51(55)52-30-8-12-34-56(52)73)64-42-24-44-66-72(64)54-32-10-14-36-58(54)75(66)61-39-17-21-47-69(61)77(50-27-5-2-6-28-50)70-48-22-18-40-62(70)75/h1-48H. The number of anilines is 6. The molecule has 2 heteroatoms. The molecule has 0 unspecified atom stereocenters. The maximum Gasteiger partial charge on any atom is 0.0754 e. The fourth-order valence-electron chi connectivity index (χ4n) is 15.6. The Morgan fingerprint density at radius 1 is 0.169 bits per heavy atom. The van der Waals surface area contributed by atoms with E-state index in [4.69, 9.17) is 0 Å². The van der Waals surface area contributed by atoms with Crippen molar-refractivity contribution in [3.63, 3.8) is 0 Å². The Hall–Kier alpha value is -9.76. The molecule has 0 amide bonds. The predicted molar refractivity (Wildman–Crippen MR) is 315 cm³/mol. The summed E-state index contributed by atoms with van der Waals surface area (Å²) in [7, 11) is 0.